The minimum atomic E-state index is -3.49. The van der Waals surface area contributed by atoms with Crippen LogP contribution in [-0.2, 0) is 16.6 Å². The molecule has 21 heavy (non-hydrogen) atoms. The lowest BCUT2D eigenvalue weighted by Gasteiger charge is -2.35. The van der Waals surface area contributed by atoms with E-state index in [1.807, 2.05) is 6.92 Å². The molecule has 2 unspecified atom stereocenters. The topological polar surface area (TPSA) is 55.2 Å². The first kappa shape index (κ1) is 16.8. The molecule has 5 nitrogen and oxygen atoms in total. The molecule has 7 heteroatoms. The molecule has 1 aromatic rings. The van der Waals surface area contributed by atoms with Gasteiger partial charge in [-0.25, -0.2) is 8.42 Å². The van der Waals surface area contributed by atoms with E-state index in [0.717, 1.165) is 12.8 Å². The Morgan fingerprint density at radius 2 is 2.00 bits per heavy atom. The van der Waals surface area contributed by atoms with E-state index in [9.17, 15) is 8.42 Å². The van der Waals surface area contributed by atoms with Crippen LogP contribution in [0.25, 0.3) is 0 Å². The molecule has 0 bridgehead atoms. The average Bonchev–Trinajstić information content (AvgIpc) is 2.64. The fourth-order valence-corrected chi connectivity index (χ4v) is 5.40. The summed E-state index contributed by atoms with van der Waals surface area (Å²) in [5, 5.41) is 4.33. The fourth-order valence-electron chi connectivity index (χ4n) is 3.21. The maximum atomic E-state index is 13.0. The molecule has 0 spiro atoms. The van der Waals surface area contributed by atoms with Crippen LogP contribution in [0.2, 0.25) is 0 Å². The lowest BCUT2D eigenvalue weighted by molar-refractivity contribution is 0.220. The monoisotopic (exact) mass is 333 g/mol. The predicted octanol–water partition coefficient (Wildman–Crippen LogP) is 2.55. The Labute approximate surface area is 132 Å². The van der Waals surface area contributed by atoms with Crippen molar-refractivity contribution in [1.82, 2.24) is 14.1 Å². The summed E-state index contributed by atoms with van der Waals surface area (Å²) in [6, 6.07) is 0.0360. The number of alkyl halides is 1. The molecular formula is C14H24ClN3O2S. The van der Waals surface area contributed by atoms with Gasteiger partial charge < -0.3 is 0 Å². The highest BCUT2D eigenvalue weighted by Crippen LogP contribution is 2.30. The highest BCUT2D eigenvalue weighted by molar-refractivity contribution is 7.89. The molecule has 0 radical (unpaired) electrons. The molecule has 0 saturated carbocycles. The third-order valence-electron chi connectivity index (χ3n) is 4.26. The Bertz CT molecular complexity index is 612. The maximum absolute atomic E-state index is 13.0. The van der Waals surface area contributed by atoms with Crippen LogP contribution in [0.4, 0.5) is 0 Å². The second kappa shape index (κ2) is 6.26. The molecular weight excluding hydrogens is 310 g/mol. The molecule has 1 aromatic heterocycles. The van der Waals surface area contributed by atoms with Crippen molar-refractivity contribution in [2.24, 2.45) is 5.92 Å². The smallest absolute Gasteiger partial charge is 0.246 e. The van der Waals surface area contributed by atoms with Crippen molar-refractivity contribution in [3.05, 3.63) is 11.4 Å². The standard InChI is InChI=1S/C14H24ClN3O2S/c1-10-5-7-18(11(2)9-10)21(19,20)14-12(3)16-17(8-6-15)13(14)4/h10-11H,5-9H2,1-4H3. The number of hydrogen-bond donors (Lipinski definition) is 0. The van der Waals surface area contributed by atoms with Crippen molar-refractivity contribution in [1.29, 1.82) is 0 Å². The normalized spacial score (nSPS) is 24.4. The molecule has 2 atom stereocenters. The van der Waals surface area contributed by atoms with Gasteiger partial charge in [0.25, 0.3) is 0 Å². The number of halogens is 1. The van der Waals surface area contributed by atoms with Gasteiger partial charge in [-0.05, 0) is 39.5 Å². The zero-order valence-corrected chi connectivity index (χ0v) is 14.7. The highest BCUT2D eigenvalue weighted by atomic mass is 35.5. The number of hydrogen-bond acceptors (Lipinski definition) is 3. The Morgan fingerprint density at radius 1 is 1.33 bits per heavy atom. The second-order valence-corrected chi connectivity index (χ2v) is 8.21. The van der Waals surface area contributed by atoms with E-state index in [1.165, 1.54) is 0 Å². The summed E-state index contributed by atoms with van der Waals surface area (Å²) in [4.78, 5) is 0.356. The molecule has 0 aliphatic carbocycles. The van der Waals surface area contributed by atoms with Crippen molar-refractivity contribution in [2.75, 3.05) is 12.4 Å². The van der Waals surface area contributed by atoms with Crippen LogP contribution >= 0.6 is 11.6 Å². The Hall–Kier alpha value is -0.590. The van der Waals surface area contributed by atoms with Gasteiger partial charge in [-0.2, -0.15) is 9.40 Å². The van der Waals surface area contributed by atoms with Crippen LogP contribution in [0.3, 0.4) is 0 Å². The number of sulfonamides is 1. The van der Waals surface area contributed by atoms with Crippen LogP contribution < -0.4 is 0 Å². The number of nitrogens with zero attached hydrogens (tertiary/aromatic N) is 3. The van der Waals surface area contributed by atoms with Gasteiger partial charge in [-0.3, -0.25) is 4.68 Å². The summed E-state index contributed by atoms with van der Waals surface area (Å²) < 4.78 is 29.3. The van der Waals surface area contributed by atoms with Gasteiger partial charge in [0.05, 0.1) is 17.9 Å². The quantitative estimate of drug-likeness (QED) is 0.796. The minimum absolute atomic E-state index is 0.0360. The number of aromatic nitrogens is 2. The number of rotatable bonds is 4. The summed E-state index contributed by atoms with van der Waals surface area (Å²) in [7, 11) is -3.49. The van der Waals surface area contributed by atoms with Crippen LogP contribution in [0, 0.1) is 19.8 Å². The third-order valence-corrected chi connectivity index (χ3v) is 6.69. The fraction of sp³-hybridized carbons (Fsp3) is 0.786. The molecule has 1 saturated heterocycles. The zero-order valence-electron chi connectivity index (χ0n) is 13.1. The molecule has 0 aromatic carbocycles. The van der Waals surface area contributed by atoms with Crippen molar-refractivity contribution in [3.8, 4) is 0 Å². The summed E-state index contributed by atoms with van der Waals surface area (Å²) >= 11 is 5.75. The largest absolute Gasteiger partial charge is 0.267 e. The number of aryl methyl sites for hydroxylation is 2. The molecule has 0 N–H and O–H groups in total. The Morgan fingerprint density at radius 3 is 2.57 bits per heavy atom. The number of piperidine rings is 1. The van der Waals surface area contributed by atoms with Crippen LogP contribution in [0.1, 0.15) is 38.1 Å². The van der Waals surface area contributed by atoms with Crippen molar-refractivity contribution >= 4 is 21.6 Å². The summed E-state index contributed by atoms with van der Waals surface area (Å²) in [5.74, 6) is 0.992. The molecule has 0 amide bonds. The summed E-state index contributed by atoms with van der Waals surface area (Å²) in [6.07, 6.45) is 1.82. The van der Waals surface area contributed by atoms with Crippen LogP contribution in [0.5, 0.6) is 0 Å². The van der Waals surface area contributed by atoms with E-state index in [2.05, 4.69) is 12.0 Å². The van der Waals surface area contributed by atoms with Crippen molar-refractivity contribution in [2.45, 2.75) is 58.0 Å². The first-order chi connectivity index (χ1) is 9.78. The SMILES string of the molecule is Cc1nn(CCCl)c(C)c1S(=O)(=O)N1CCC(C)CC1C. The predicted molar refractivity (Wildman–Crippen MR) is 84.2 cm³/mol. The Kier molecular flexibility index (Phi) is 5.00. The van der Waals surface area contributed by atoms with Gasteiger partial charge >= 0.3 is 0 Å². The van der Waals surface area contributed by atoms with E-state index in [1.54, 1.807) is 22.8 Å². The molecule has 1 aliphatic rings. The molecule has 120 valence electrons. The van der Waals surface area contributed by atoms with Crippen LogP contribution in [-0.4, -0.2) is 41.0 Å². The first-order valence-electron chi connectivity index (χ1n) is 7.40. The van der Waals surface area contributed by atoms with E-state index < -0.39 is 10.0 Å². The lowest BCUT2D eigenvalue weighted by Crippen LogP contribution is -2.44. The van der Waals surface area contributed by atoms with E-state index >= 15 is 0 Å². The zero-order chi connectivity index (χ0) is 15.8. The second-order valence-electron chi connectivity index (χ2n) is 6.01. The lowest BCUT2D eigenvalue weighted by atomic mass is 9.95. The van der Waals surface area contributed by atoms with Gasteiger partial charge in [0, 0.05) is 18.5 Å². The van der Waals surface area contributed by atoms with E-state index in [0.29, 0.717) is 41.2 Å². The van der Waals surface area contributed by atoms with Gasteiger partial charge in [0.15, 0.2) is 0 Å². The first-order valence-corrected chi connectivity index (χ1v) is 9.38. The van der Waals surface area contributed by atoms with Crippen molar-refractivity contribution < 1.29 is 8.42 Å². The highest BCUT2D eigenvalue weighted by Gasteiger charge is 2.36. The van der Waals surface area contributed by atoms with Gasteiger partial charge in [-0.15, -0.1) is 11.6 Å². The molecule has 1 fully saturated rings. The Balaban J connectivity index is 2.40. The van der Waals surface area contributed by atoms with Crippen LogP contribution in [0.15, 0.2) is 4.90 Å². The minimum Gasteiger partial charge on any atom is -0.267 e. The van der Waals surface area contributed by atoms with E-state index in [4.69, 9.17) is 11.6 Å². The summed E-state index contributed by atoms with van der Waals surface area (Å²) in [6.45, 7) is 8.83. The molecule has 1 aliphatic heterocycles. The third kappa shape index (κ3) is 3.12. The molecule has 2 rings (SSSR count). The van der Waals surface area contributed by atoms with Gasteiger partial charge in [0.2, 0.25) is 10.0 Å². The molecule has 2 heterocycles. The van der Waals surface area contributed by atoms with Crippen molar-refractivity contribution in [3.63, 3.8) is 0 Å². The average molecular weight is 334 g/mol. The maximum Gasteiger partial charge on any atom is 0.246 e. The van der Waals surface area contributed by atoms with E-state index in [-0.39, 0.29) is 6.04 Å². The van der Waals surface area contributed by atoms with Gasteiger partial charge in [-0.1, -0.05) is 6.92 Å². The summed E-state index contributed by atoms with van der Waals surface area (Å²) in [5.41, 5.74) is 1.24. The van der Waals surface area contributed by atoms with Gasteiger partial charge in [0.1, 0.15) is 4.90 Å².